The quantitative estimate of drug-likeness (QED) is 0.659. The molecule has 146 valence electrons. The molecular formula is C17H32Cl2N4O2. The molecule has 0 bridgehead atoms. The lowest BCUT2D eigenvalue weighted by Gasteiger charge is -2.27. The van der Waals surface area contributed by atoms with Crippen LogP contribution >= 0.6 is 24.8 Å². The van der Waals surface area contributed by atoms with Gasteiger partial charge in [0.1, 0.15) is 11.5 Å². The summed E-state index contributed by atoms with van der Waals surface area (Å²) in [7, 11) is 0. The first kappa shape index (κ1) is 24.2. The Morgan fingerprint density at radius 2 is 2.00 bits per heavy atom. The fourth-order valence-electron chi connectivity index (χ4n) is 2.83. The fourth-order valence-corrected chi connectivity index (χ4v) is 2.83. The maximum absolute atomic E-state index is 12.4. The summed E-state index contributed by atoms with van der Waals surface area (Å²) >= 11 is 0. The molecule has 1 aliphatic rings. The molecule has 1 aliphatic heterocycles. The first-order valence-corrected chi connectivity index (χ1v) is 8.73. The Balaban J connectivity index is 0.00000288. The van der Waals surface area contributed by atoms with Gasteiger partial charge in [-0.25, -0.2) is 4.98 Å². The number of oxazole rings is 1. The second-order valence-electron chi connectivity index (χ2n) is 6.81. The average molecular weight is 395 g/mol. The van der Waals surface area contributed by atoms with E-state index in [4.69, 9.17) is 15.9 Å². The molecule has 0 saturated heterocycles. The van der Waals surface area contributed by atoms with Crippen LogP contribution < -0.4 is 11.5 Å². The number of carbonyl (C=O) groups is 1. The van der Waals surface area contributed by atoms with Crippen molar-refractivity contribution in [1.82, 2.24) is 9.88 Å². The summed E-state index contributed by atoms with van der Waals surface area (Å²) in [6, 6.07) is -0.435. The highest BCUT2D eigenvalue weighted by Crippen LogP contribution is 2.22. The van der Waals surface area contributed by atoms with Gasteiger partial charge in [0.15, 0.2) is 5.89 Å². The Morgan fingerprint density at radius 1 is 1.28 bits per heavy atom. The van der Waals surface area contributed by atoms with E-state index >= 15 is 0 Å². The van der Waals surface area contributed by atoms with Crippen molar-refractivity contribution < 1.29 is 9.21 Å². The van der Waals surface area contributed by atoms with Gasteiger partial charge < -0.3 is 20.8 Å². The second kappa shape index (κ2) is 11.7. The third-order valence-corrected chi connectivity index (χ3v) is 4.31. The molecule has 0 aromatic carbocycles. The monoisotopic (exact) mass is 394 g/mol. The molecule has 2 heterocycles. The topological polar surface area (TPSA) is 98.4 Å². The Labute approximate surface area is 162 Å². The number of nitrogens with two attached hydrogens (primary N) is 2. The van der Waals surface area contributed by atoms with E-state index in [1.807, 2.05) is 4.90 Å². The highest BCUT2D eigenvalue weighted by molar-refractivity contribution is 5.85. The first-order valence-electron chi connectivity index (χ1n) is 8.73. The molecule has 0 saturated carbocycles. The minimum Gasteiger partial charge on any atom is -0.445 e. The van der Waals surface area contributed by atoms with Crippen molar-refractivity contribution in [2.75, 3.05) is 13.1 Å². The summed E-state index contributed by atoms with van der Waals surface area (Å²) in [6.07, 6.45) is 5.15. The van der Waals surface area contributed by atoms with Crippen LogP contribution in [0.4, 0.5) is 0 Å². The summed E-state index contributed by atoms with van der Waals surface area (Å²) in [5.74, 6) is 2.37. The van der Waals surface area contributed by atoms with Crippen molar-refractivity contribution in [3.05, 3.63) is 17.3 Å². The van der Waals surface area contributed by atoms with Gasteiger partial charge in [0.05, 0.1) is 12.6 Å². The van der Waals surface area contributed by atoms with E-state index in [0.29, 0.717) is 32.0 Å². The van der Waals surface area contributed by atoms with Gasteiger partial charge in [0.2, 0.25) is 5.91 Å². The SMILES string of the molecule is CC(C)CCc1nc2c(o1)CCN(C(=O)[C@@H](N)CCCCN)C2.Cl.Cl. The Morgan fingerprint density at radius 3 is 2.64 bits per heavy atom. The van der Waals surface area contributed by atoms with Crippen LogP contribution in [0.15, 0.2) is 4.42 Å². The highest BCUT2D eigenvalue weighted by atomic mass is 35.5. The average Bonchev–Trinajstić information content (AvgIpc) is 2.94. The van der Waals surface area contributed by atoms with Crippen molar-refractivity contribution in [1.29, 1.82) is 0 Å². The van der Waals surface area contributed by atoms with Crippen molar-refractivity contribution in [2.45, 2.75) is 65.0 Å². The van der Waals surface area contributed by atoms with E-state index < -0.39 is 6.04 Å². The molecule has 0 unspecified atom stereocenters. The van der Waals surface area contributed by atoms with Crippen molar-refractivity contribution in [3.8, 4) is 0 Å². The van der Waals surface area contributed by atoms with Gasteiger partial charge in [0.25, 0.3) is 0 Å². The van der Waals surface area contributed by atoms with Crippen LogP contribution in [0.2, 0.25) is 0 Å². The number of hydrogen-bond donors (Lipinski definition) is 2. The molecule has 1 amide bonds. The summed E-state index contributed by atoms with van der Waals surface area (Å²) in [5.41, 5.74) is 12.4. The molecule has 1 aromatic heterocycles. The lowest BCUT2D eigenvalue weighted by Crippen LogP contribution is -2.45. The van der Waals surface area contributed by atoms with Crippen LogP contribution in [-0.2, 0) is 24.2 Å². The molecule has 8 heteroatoms. The number of aromatic nitrogens is 1. The number of rotatable bonds is 8. The minimum absolute atomic E-state index is 0. The summed E-state index contributed by atoms with van der Waals surface area (Å²) in [6.45, 7) is 6.20. The zero-order valence-corrected chi connectivity index (χ0v) is 16.8. The maximum Gasteiger partial charge on any atom is 0.239 e. The lowest BCUT2D eigenvalue weighted by atomic mass is 10.1. The number of fused-ring (bicyclic) bond motifs is 1. The third-order valence-electron chi connectivity index (χ3n) is 4.31. The van der Waals surface area contributed by atoms with Crippen LogP contribution in [0.25, 0.3) is 0 Å². The molecule has 0 spiro atoms. The zero-order valence-electron chi connectivity index (χ0n) is 15.2. The number of hydrogen-bond acceptors (Lipinski definition) is 5. The predicted octanol–water partition coefficient (Wildman–Crippen LogP) is 2.45. The van der Waals surface area contributed by atoms with Crippen LogP contribution in [0.3, 0.4) is 0 Å². The van der Waals surface area contributed by atoms with E-state index in [9.17, 15) is 4.79 Å². The van der Waals surface area contributed by atoms with Gasteiger partial charge in [-0.2, -0.15) is 0 Å². The molecule has 25 heavy (non-hydrogen) atoms. The van der Waals surface area contributed by atoms with Crippen molar-refractivity contribution >= 4 is 30.7 Å². The van der Waals surface area contributed by atoms with Gasteiger partial charge >= 0.3 is 0 Å². The standard InChI is InChI=1S/C17H30N4O2.2ClH/c1-12(2)6-7-16-20-14-11-21(10-8-15(14)23-16)17(22)13(19)5-3-4-9-18;;/h12-13H,3-11,18-19H2,1-2H3;2*1H/t13-;;/m0../s1. The normalized spacial score (nSPS) is 14.5. The number of unbranched alkanes of at least 4 members (excludes halogenated alkanes) is 1. The molecule has 0 radical (unpaired) electrons. The van der Waals surface area contributed by atoms with Crippen LogP contribution in [0, 0.1) is 5.92 Å². The Hall–Kier alpha value is -0.820. The molecule has 1 atom stereocenters. The molecular weight excluding hydrogens is 363 g/mol. The van der Waals surface area contributed by atoms with Crippen LogP contribution in [0.1, 0.15) is 56.9 Å². The van der Waals surface area contributed by atoms with Crippen LogP contribution in [0.5, 0.6) is 0 Å². The predicted molar refractivity (Wildman–Crippen MR) is 104 cm³/mol. The second-order valence-corrected chi connectivity index (χ2v) is 6.81. The van der Waals surface area contributed by atoms with E-state index in [0.717, 1.165) is 49.4 Å². The third kappa shape index (κ3) is 7.13. The van der Waals surface area contributed by atoms with Crippen LogP contribution in [-0.4, -0.2) is 34.9 Å². The van der Waals surface area contributed by atoms with E-state index in [-0.39, 0.29) is 30.7 Å². The molecule has 1 aromatic rings. The fraction of sp³-hybridized carbons (Fsp3) is 0.765. The zero-order chi connectivity index (χ0) is 16.8. The van der Waals surface area contributed by atoms with Gasteiger partial charge in [-0.1, -0.05) is 20.3 Å². The number of amides is 1. The molecule has 0 fully saturated rings. The van der Waals surface area contributed by atoms with Crippen molar-refractivity contribution in [3.63, 3.8) is 0 Å². The highest BCUT2D eigenvalue weighted by Gasteiger charge is 2.28. The first-order chi connectivity index (χ1) is 11.0. The largest absolute Gasteiger partial charge is 0.445 e. The van der Waals surface area contributed by atoms with E-state index in [1.54, 1.807) is 0 Å². The molecule has 4 N–H and O–H groups in total. The van der Waals surface area contributed by atoms with Gasteiger partial charge in [-0.15, -0.1) is 24.8 Å². The number of aryl methyl sites for hydroxylation is 1. The molecule has 0 aliphatic carbocycles. The summed E-state index contributed by atoms with van der Waals surface area (Å²) in [5, 5.41) is 0. The minimum atomic E-state index is -0.435. The smallest absolute Gasteiger partial charge is 0.239 e. The van der Waals surface area contributed by atoms with Gasteiger partial charge in [-0.05, 0) is 31.7 Å². The van der Waals surface area contributed by atoms with E-state index in [1.165, 1.54) is 0 Å². The van der Waals surface area contributed by atoms with Gasteiger partial charge in [-0.3, -0.25) is 4.79 Å². The van der Waals surface area contributed by atoms with E-state index in [2.05, 4.69) is 18.8 Å². The molecule has 6 nitrogen and oxygen atoms in total. The lowest BCUT2D eigenvalue weighted by molar-refractivity contribution is -0.133. The van der Waals surface area contributed by atoms with Crippen molar-refractivity contribution in [2.24, 2.45) is 17.4 Å². The number of carbonyl (C=O) groups excluding carboxylic acids is 1. The maximum atomic E-state index is 12.4. The Bertz CT molecular complexity index is 523. The Kier molecular flexibility index (Phi) is 11.3. The van der Waals surface area contributed by atoms with Gasteiger partial charge in [0, 0.05) is 19.4 Å². The number of halogens is 2. The summed E-state index contributed by atoms with van der Waals surface area (Å²) < 4.78 is 5.83. The molecule has 2 rings (SSSR count). The summed E-state index contributed by atoms with van der Waals surface area (Å²) in [4.78, 5) is 18.8. The number of nitrogens with zero attached hydrogens (tertiary/aromatic N) is 2.